The molecule has 0 saturated carbocycles. The third-order valence-corrected chi connectivity index (χ3v) is 3.65. The second-order valence-electron chi connectivity index (χ2n) is 6.85. The topological polar surface area (TPSA) is 88.8 Å². The second-order valence-corrected chi connectivity index (χ2v) is 6.85. The van der Waals surface area contributed by atoms with E-state index in [1.807, 2.05) is 0 Å². The first kappa shape index (κ1) is 16.2. The van der Waals surface area contributed by atoms with Crippen LogP contribution in [0.15, 0.2) is 18.3 Å². The van der Waals surface area contributed by atoms with Crippen molar-refractivity contribution < 1.29 is 14.3 Å². The molecule has 0 radical (unpaired) electrons. The van der Waals surface area contributed by atoms with Gasteiger partial charge in [-0.15, -0.1) is 0 Å². The molecule has 1 aliphatic rings. The lowest BCUT2D eigenvalue weighted by Crippen LogP contribution is -2.57. The molecule has 2 aromatic rings. The third-order valence-electron chi connectivity index (χ3n) is 3.65. The van der Waals surface area contributed by atoms with E-state index in [2.05, 4.69) is 15.4 Å². The number of anilines is 1. The summed E-state index contributed by atoms with van der Waals surface area (Å²) in [6.07, 6.45) is 1.86. The Hall–Kier alpha value is -2.64. The molecule has 1 aliphatic heterocycles. The van der Waals surface area contributed by atoms with Gasteiger partial charge in [-0.3, -0.25) is 9.69 Å². The summed E-state index contributed by atoms with van der Waals surface area (Å²) in [5.41, 5.74) is 0.738. The molecule has 0 spiro atoms. The molecule has 1 fully saturated rings. The first-order chi connectivity index (χ1) is 11.2. The fourth-order valence-corrected chi connectivity index (χ4v) is 2.49. The average Bonchev–Trinajstić information content (AvgIpc) is 2.74. The molecule has 1 saturated heterocycles. The van der Waals surface area contributed by atoms with E-state index in [0.717, 1.165) is 0 Å². The van der Waals surface area contributed by atoms with Crippen LogP contribution in [0.2, 0.25) is 0 Å². The van der Waals surface area contributed by atoms with E-state index >= 15 is 0 Å². The van der Waals surface area contributed by atoms with E-state index in [4.69, 9.17) is 4.74 Å². The Balaban J connectivity index is 1.66. The van der Waals surface area contributed by atoms with E-state index in [-0.39, 0.29) is 5.91 Å². The highest BCUT2D eigenvalue weighted by atomic mass is 16.6. The third kappa shape index (κ3) is 3.32. The molecule has 24 heavy (non-hydrogen) atoms. The van der Waals surface area contributed by atoms with Crippen LogP contribution in [0.1, 0.15) is 33.0 Å². The molecule has 8 nitrogen and oxygen atoms in total. The number of carbonyl (C=O) groups excluding carboxylic acids is 2. The van der Waals surface area contributed by atoms with Gasteiger partial charge < -0.3 is 10.1 Å². The van der Waals surface area contributed by atoms with Gasteiger partial charge in [0.2, 0.25) is 5.91 Å². The van der Waals surface area contributed by atoms with Gasteiger partial charge in [0.15, 0.2) is 5.65 Å². The van der Waals surface area contributed by atoms with Crippen molar-refractivity contribution in [1.29, 1.82) is 0 Å². The molecule has 0 bridgehead atoms. The monoisotopic (exact) mass is 331 g/mol. The number of pyridine rings is 1. The van der Waals surface area contributed by atoms with Crippen molar-refractivity contribution in [2.75, 3.05) is 11.9 Å². The molecule has 128 valence electrons. The molecule has 2 aromatic heterocycles. The van der Waals surface area contributed by atoms with Crippen LogP contribution in [0.5, 0.6) is 0 Å². The summed E-state index contributed by atoms with van der Waals surface area (Å²) in [5.74, 6) is 0.428. The van der Waals surface area contributed by atoms with Crippen LogP contribution in [0.3, 0.4) is 0 Å². The van der Waals surface area contributed by atoms with Crippen molar-refractivity contribution >= 4 is 23.3 Å². The lowest BCUT2D eigenvalue weighted by Gasteiger charge is -2.40. The summed E-state index contributed by atoms with van der Waals surface area (Å²) < 4.78 is 6.93. The van der Waals surface area contributed by atoms with Gasteiger partial charge in [-0.05, 0) is 46.2 Å². The number of fused-ring (bicyclic) bond motifs is 1. The van der Waals surface area contributed by atoms with Crippen molar-refractivity contribution in [2.24, 2.45) is 0 Å². The Bertz CT molecular complexity index is 793. The standard InChI is InChI=1S/C16H21N5O3/c1-10-17-13-6-5-11(9-21(13)19-10)18-14(22)12-7-8-20(12)15(23)24-16(2,3)4/h5-6,9,12H,7-8H2,1-4H3,(H,18,22)/t12-/m1/s1. The number of amides is 2. The molecule has 8 heteroatoms. The molecule has 1 N–H and O–H groups in total. The van der Waals surface area contributed by atoms with Crippen molar-refractivity contribution in [1.82, 2.24) is 19.5 Å². The van der Waals surface area contributed by atoms with Crippen molar-refractivity contribution in [3.8, 4) is 0 Å². The summed E-state index contributed by atoms with van der Waals surface area (Å²) in [6.45, 7) is 7.73. The quantitative estimate of drug-likeness (QED) is 0.909. The maximum Gasteiger partial charge on any atom is 0.410 e. The first-order valence-corrected chi connectivity index (χ1v) is 7.86. The molecule has 0 aromatic carbocycles. The zero-order valence-corrected chi connectivity index (χ0v) is 14.2. The number of nitrogens with zero attached hydrogens (tertiary/aromatic N) is 4. The highest BCUT2D eigenvalue weighted by molar-refractivity contribution is 5.97. The number of aromatic nitrogens is 3. The number of nitrogens with one attached hydrogen (secondary N) is 1. The maximum absolute atomic E-state index is 12.4. The Labute approximate surface area is 139 Å². The van der Waals surface area contributed by atoms with E-state index < -0.39 is 17.7 Å². The van der Waals surface area contributed by atoms with Crippen LogP contribution in [0.25, 0.3) is 5.65 Å². The lowest BCUT2D eigenvalue weighted by atomic mass is 10.0. The molecule has 0 unspecified atom stereocenters. The summed E-state index contributed by atoms with van der Waals surface area (Å²) in [4.78, 5) is 30.2. The van der Waals surface area contributed by atoms with Crippen LogP contribution < -0.4 is 5.32 Å². The van der Waals surface area contributed by atoms with Gasteiger partial charge in [0.25, 0.3) is 0 Å². The minimum atomic E-state index is -0.580. The predicted octanol–water partition coefficient (Wildman–Crippen LogP) is 1.99. The SMILES string of the molecule is Cc1nc2ccc(NC(=O)[C@H]3CCN3C(=O)OC(C)(C)C)cn2n1. The Morgan fingerprint density at radius 1 is 1.33 bits per heavy atom. The van der Waals surface area contributed by atoms with Gasteiger partial charge in [-0.2, -0.15) is 5.10 Å². The molecule has 0 aliphatic carbocycles. The zero-order chi connectivity index (χ0) is 17.5. The van der Waals surface area contributed by atoms with Gasteiger partial charge in [0.1, 0.15) is 17.5 Å². The largest absolute Gasteiger partial charge is 0.444 e. The Morgan fingerprint density at radius 3 is 2.71 bits per heavy atom. The minimum absolute atomic E-state index is 0.233. The van der Waals surface area contributed by atoms with Crippen LogP contribution >= 0.6 is 0 Å². The molecule has 1 atom stereocenters. The number of ether oxygens (including phenoxy) is 1. The number of likely N-dealkylation sites (tertiary alicyclic amines) is 1. The van der Waals surface area contributed by atoms with Crippen LogP contribution in [-0.4, -0.2) is 49.7 Å². The predicted molar refractivity (Wildman–Crippen MR) is 87.7 cm³/mol. The molecular formula is C16H21N5O3. The first-order valence-electron chi connectivity index (χ1n) is 7.86. The fraction of sp³-hybridized carbons (Fsp3) is 0.500. The van der Waals surface area contributed by atoms with E-state index in [0.29, 0.717) is 30.1 Å². The maximum atomic E-state index is 12.4. The fourth-order valence-electron chi connectivity index (χ4n) is 2.49. The molecule has 2 amide bonds. The zero-order valence-electron chi connectivity index (χ0n) is 14.2. The Kier molecular flexibility index (Phi) is 3.90. The molecular weight excluding hydrogens is 310 g/mol. The summed E-state index contributed by atoms with van der Waals surface area (Å²) in [6, 6.07) is 3.04. The van der Waals surface area contributed by atoms with E-state index in [1.165, 1.54) is 4.90 Å². The van der Waals surface area contributed by atoms with Gasteiger partial charge in [-0.1, -0.05) is 0 Å². The summed E-state index contributed by atoms with van der Waals surface area (Å²) in [5, 5.41) is 7.03. The van der Waals surface area contributed by atoms with Crippen LogP contribution in [0, 0.1) is 6.92 Å². The Morgan fingerprint density at radius 2 is 2.08 bits per heavy atom. The second kappa shape index (κ2) is 5.77. The van der Waals surface area contributed by atoms with E-state index in [9.17, 15) is 9.59 Å². The lowest BCUT2D eigenvalue weighted by molar-refractivity contribution is -0.125. The van der Waals surface area contributed by atoms with Crippen LogP contribution in [-0.2, 0) is 9.53 Å². The molecule has 3 heterocycles. The van der Waals surface area contributed by atoms with Crippen molar-refractivity contribution in [3.63, 3.8) is 0 Å². The highest BCUT2D eigenvalue weighted by Gasteiger charge is 2.39. The average molecular weight is 331 g/mol. The van der Waals surface area contributed by atoms with Gasteiger partial charge >= 0.3 is 6.09 Å². The van der Waals surface area contributed by atoms with Crippen molar-refractivity contribution in [2.45, 2.75) is 45.8 Å². The smallest absolute Gasteiger partial charge is 0.410 e. The van der Waals surface area contributed by atoms with Crippen molar-refractivity contribution in [3.05, 3.63) is 24.2 Å². The number of carbonyl (C=O) groups is 2. The van der Waals surface area contributed by atoms with Gasteiger partial charge in [0, 0.05) is 6.54 Å². The normalized spacial score (nSPS) is 17.5. The van der Waals surface area contributed by atoms with Gasteiger partial charge in [-0.25, -0.2) is 14.3 Å². The molecule has 3 rings (SSSR count). The minimum Gasteiger partial charge on any atom is -0.444 e. The highest BCUT2D eigenvalue weighted by Crippen LogP contribution is 2.22. The number of rotatable bonds is 2. The summed E-state index contributed by atoms with van der Waals surface area (Å²) >= 11 is 0. The van der Waals surface area contributed by atoms with Crippen LogP contribution in [0.4, 0.5) is 10.5 Å². The number of hydrogen-bond acceptors (Lipinski definition) is 5. The number of aryl methyl sites for hydroxylation is 1. The summed E-state index contributed by atoms with van der Waals surface area (Å²) in [7, 11) is 0. The van der Waals surface area contributed by atoms with E-state index in [1.54, 1.807) is 50.5 Å². The van der Waals surface area contributed by atoms with Gasteiger partial charge in [0.05, 0.1) is 11.9 Å². The number of hydrogen-bond donors (Lipinski definition) is 1.